The van der Waals surface area contributed by atoms with E-state index in [4.69, 9.17) is 0 Å². The maximum absolute atomic E-state index is 11.9. The molecule has 23 heavy (non-hydrogen) atoms. The van der Waals surface area contributed by atoms with Gasteiger partial charge in [0.05, 0.1) is 12.8 Å². The number of likely N-dealkylation sites (tertiary alicyclic amines) is 1. The Labute approximate surface area is 138 Å². The molecule has 1 saturated heterocycles. The van der Waals surface area contributed by atoms with Gasteiger partial charge in [-0.3, -0.25) is 15.0 Å². The van der Waals surface area contributed by atoms with Crippen LogP contribution in [-0.2, 0) is 14.8 Å². The largest absolute Gasteiger partial charge is 0.333 e. The molecule has 1 heterocycles. The standard InChI is InChI=1S/C14H28N4O4S/c1-14(2,3)16-13(20)15-12(19)10-18-8-6-11(7-9-18)17(4)23(5,21)22/h11H,6-10H2,1-5H3,(H2,15,16,19,20). The molecule has 0 aromatic carbocycles. The van der Waals surface area contributed by atoms with Crippen molar-refractivity contribution in [2.24, 2.45) is 0 Å². The van der Waals surface area contributed by atoms with Crippen LogP contribution in [0.15, 0.2) is 0 Å². The first-order valence-electron chi connectivity index (χ1n) is 7.66. The predicted molar refractivity (Wildman–Crippen MR) is 88.5 cm³/mol. The Morgan fingerprint density at radius 2 is 1.74 bits per heavy atom. The molecule has 0 radical (unpaired) electrons. The fourth-order valence-corrected chi connectivity index (χ4v) is 3.21. The van der Waals surface area contributed by atoms with E-state index in [-0.39, 0.29) is 18.5 Å². The van der Waals surface area contributed by atoms with Crippen LogP contribution in [0, 0.1) is 0 Å². The minimum Gasteiger partial charge on any atom is -0.333 e. The Kier molecular flexibility index (Phi) is 6.55. The maximum atomic E-state index is 11.9. The summed E-state index contributed by atoms with van der Waals surface area (Å²) in [6.07, 6.45) is 2.54. The molecule has 1 aliphatic heterocycles. The second-order valence-corrected chi connectivity index (χ2v) is 9.08. The zero-order valence-electron chi connectivity index (χ0n) is 14.5. The number of piperidine rings is 1. The number of sulfonamides is 1. The first-order valence-corrected chi connectivity index (χ1v) is 9.50. The van der Waals surface area contributed by atoms with Gasteiger partial charge in [0.1, 0.15) is 0 Å². The van der Waals surface area contributed by atoms with Crippen LogP contribution in [0.2, 0.25) is 0 Å². The molecule has 0 saturated carbocycles. The van der Waals surface area contributed by atoms with Crippen LogP contribution in [0.25, 0.3) is 0 Å². The van der Waals surface area contributed by atoms with Crippen LogP contribution in [0.4, 0.5) is 4.79 Å². The Balaban J connectivity index is 2.38. The van der Waals surface area contributed by atoms with Crippen LogP contribution < -0.4 is 10.6 Å². The van der Waals surface area contributed by atoms with Gasteiger partial charge in [-0.2, -0.15) is 0 Å². The summed E-state index contributed by atoms with van der Waals surface area (Å²) in [5.41, 5.74) is -0.404. The van der Waals surface area contributed by atoms with Crippen LogP contribution >= 0.6 is 0 Å². The number of imide groups is 1. The van der Waals surface area contributed by atoms with Gasteiger partial charge in [0, 0.05) is 31.7 Å². The number of hydrogen-bond donors (Lipinski definition) is 2. The minimum atomic E-state index is -3.19. The molecular weight excluding hydrogens is 320 g/mol. The molecular formula is C14H28N4O4S. The highest BCUT2D eigenvalue weighted by atomic mass is 32.2. The lowest BCUT2D eigenvalue weighted by molar-refractivity contribution is -0.121. The SMILES string of the molecule is CN(C1CCN(CC(=O)NC(=O)NC(C)(C)C)CC1)S(C)(=O)=O. The van der Waals surface area contributed by atoms with E-state index in [0.717, 1.165) is 0 Å². The van der Waals surface area contributed by atoms with Crippen LogP contribution in [0.1, 0.15) is 33.6 Å². The molecule has 0 aliphatic carbocycles. The Bertz CT molecular complexity index is 533. The molecule has 9 heteroatoms. The summed E-state index contributed by atoms with van der Waals surface area (Å²) < 4.78 is 24.4. The molecule has 0 aromatic heterocycles. The summed E-state index contributed by atoms with van der Waals surface area (Å²) in [5.74, 6) is -0.360. The van der Waals surface area contributed by atoms with Gasteiger partial charge in [-0.1, -0.05) is 0 Å². The van der Waals surface area contributed by atoms with Crippen LogP contribution in [0.5, 0.6) is 0 Å². The lowest BCUT2D eigenvalue weighted by Crippen LogP contribution is -2.52. The number of carbonyl (C=O) groups excluding carboxylic acids is 2. The highest BCUT2D eigenvalue weighted by Gasteiger charge is 2.28. The number of carbonyl (C=O) groups is 2. The van der Waals surface area contributed by atoms with Gasteiger partial charge < -0.3 is 5.32 Å². The molecule has 3 amide bonds. The maximum Gasteiger partial charge on any atom is 0.321 e. The van der Waals surface area contributed by atoms with E-state index >= 15 is 0 Å². The third-order valence-corrected chi connectivity index (χ3v) is 5.05. The van der Waals surface area contributed by atoms with E-state index in [1.807, 2.05) is 25.7 Å². The lowest BCUT2D eigenvalue weighted by atomic mass is 10.1. The first-order chi connectivity index (χ1) is 10.4. The molecule has 0 aromatic rings. The molecule has 8 nitrogen and oxygen atoms in total. The first kappa shape index (κ1) is 19.9. The average Bonchev–Trinajstić information content (AvgIpc) is 2.35. The molecule has 1 rings (SSSR count). The number of nitrogens with one attached hydrogen (secondary N) is 2. The van der Waals surface area contributed by atoms with Crippen molar-refractivity contribution >= 4 is 22.0 Å². The summed E-state index contributed by atoms with van der Waals surface area (Å²) >= 11 is 0. The van der Waals surface area contributed by atoms with E-state index in [1.165, 1.54) is 10.6 Å². The highest BCUT2D eigenvalue weighted by molar-refractivity contribution is 7.88. The molecule has 0 spiro atoms. The van der Waals surface area contributed by atoms with Gasteiger partial charge in [-0.25, -0.2) is 17.5 Å². The average molecular weight is 348 g/mol. The number of rotatable bonds is 4. The molecule has 0 atom stereocenters. The Morgan fingerprint density at radius 3 is 2.17 bits per heavy atom. The van der Waals surface area contributed by atoms with Crippen LogP contribution in [0.3, 0.4) is 0 Å². The smallest absolute Gasteiger partial charge is 0.321 e. The number of urea groups is 1. The third-order valence-electron chi connectivity index (χ3n) is 3.70. The van der Waals surface area contributed by atoms with Crippen molar-refractivity contribution in [2.75, 3.05) is 32.9 Å². The van der Waals surface area contributed by atoms with Gasteiger partial charge in [0.25, 0.3) is 0 Å². The molecule has 0 bridgehead atoms. The monoisotopic (exact) mass is 348 g/mol. The summed E-state index contributed by atoms with van der Waals surface area (Å²) in [7, 11) is -1.61. The fourth-order valence-electron chi connectivity index (χ4n) is 2.45. The summed E-state index contributed by atoms with van der Waals surface area (Å²) in [5, 5.41) is 4.97. The van der Waals surface area contributed by atoms with E-state index < -0.39 is 21.6 Å². The van der Waals surface area contributed by atoms with Crippen molar-refractivity contribution in [3.63, 3.8) is 0 Å². The zero-order chi connectivity index (χ0) is 17.8. The summed E-state index contributed by atoms with van der Waals surface area (Å²) in [6, 6.07) is -0.539. The molecule has 1 fully saturated rings. The topological polar surface area (TPSA) is 98.8 Å². The molecule has 1 aliphatic rings. The van der Waals surface area contributed by atoms with Crippen LogP contribution in [-0.4, -0.2) is 74.1 Å². The predicted octanol–water partition coefficient (Wildman–Crippen LogP) is -0.0335. The van der Waals surface area contributed by atoms with Crippen molar-refractivity contribution in [1.82, 2.24) is 19.8 Å². The van der Waals surface area contributed by atoms with Crippen molar-refractivity contribution in [2.45, 2.75) is 45.2 Å². The van der Waals surface area contributed by atoms with Gasteiger partial charge in [-0.15, -0.1) is 0 Å². The summed E-state index contributed by atoms with van der Waals surface area (Å²) in [4.78, 5) is 25.4. The quantitative estimate of drug-likeness (QED) is 0.743. The van der Waals surface area contributed by atoms with Gasteiger partial charge in [0.15, 0.2) is 0 Å². The number of hydrogen-bond acceptors (Lipinski definition) is 5. The highest BCUT2D eigenvalue weighted by Crippen LogP contribution is 2.17. The van der Waals surface area contributed by atoms with Crippen molar-refractivity contribution in [3.05, 3.63) is 0 Å². The van der Waals surface area contributed by atoms with Crippen molar-refractivity contribution in [3.8, 4) is 0 Å². The Morgan fingerprint density at radius 1 is 1.22 bits per heavy atom. The fraction of sp³-hybridized carbons (Fsp3) is 0.857. The number of nitrogens with zero attached hydrogens (tertiary/aromatic N) is 2. The summed E-state index contributed by atoms with van der Waals surface area (Å²) in [6.45, 7) is 6.88. The molecule has 0 unspecified atom stereocenters. The van der Waals surface area contributed by atoms with E-state index in [9.17, 15) is 18.0 Å². The molecule has 2 N–H and O–H groups in total. The van der Waals surface area contributed by atoms with Gasteiger partial charge in [-0.05, 0) is 33.6 Å². The Hall–Kier alpha value is -1.19. The second kappa shape index (κ2) is 7.59. The molecule has 134 valence electrons. The van der Waals surface area contributed by atoms with E-state index in [1.54, 1.807) is 7.05 Å². The third kappa shape index (κ3) is 7.28. The van der Waals surface area contributed by atoms with Gasteiger partial charge in [0.2, 0.25) is 15.9 Å². The van der Waals surface area contributed by atoms with Crippen molar-refractivity contribution in [1.29, 1.82) is 0 Å². The second-order valence-electron chi connectivity index (χ2n) is 7.04. The normalized spacial score (nSPS) is 18.0. The van der Waals surface area contributed by atoms with Gasteiger partial charge >= 0.3 is 6.03 Å². The van der Waals surface area contributed by atoms with E-state index in [2.05, 4.69) is 10.6 Å². The number of amides is 3. The van der Waals surface area contributed by atoms with Crippen molar-refractivity contribution < 1.29 is 18.0 Å². The zero-order valence-corrected chi connectivity index (χ0v) is 15.4. The van der Waals surface area contributed by atoms with E-state index in [0.29, 0.717) is 25.9 Å². The lowest BCUT2D eigenvalue weighted by Gasteiger charge is -2.35. The minimum absolute atomic E-state index is 0.0338.